The summed E-state index contributed by atoms with van der Waals surface area (Å²) in [7, 11) is 2.15. The van der Waals surface area contributed by atoms with Gasteiger partial charge in [0.1, 0.15) is 0 Å². The SMILES string of the molecule is CC(=O)n1c(O)c(C(=Nc2ccc(N3CCN(C)CC3)cc2)c2ccccc2)c2ccc(C)cc21. The van der Waals surface area contributed by atoms with Crippen molar-refractivity contribution in [3.8, 4) is 5.88 Å². The standard InChI is InChI=1S/C29H30N4O2/c1-20-9-14-25-26(19-20)33(21(2)34)29(35)27(25)28(22-7-5-4-6-8-22)30-23-10-12-24(13-11-23)32-17-15-31(3)16-18-32/h4-14,19,35H,15-18H2,1-3H3. The summed E-state index contributed by atoms with van der Waals surface area (Å²) in [5.74, 6) is -0.331. The van der Waals surface area contributed by atoms with E-state index in [0.29, 0.717) is 16.8 Å². The lowest BCUT2D eigenvalue weighted by molar-refractivity contribution is 0.0933. The summed E-state index contributed by atoms with van der Waals surface area (Å²) in [5, 5.41) is 12.1. The molecule has 35 heavy (non-hydrogen) atoms. The average molecular weight is 467 g/mol. The maximum absolute atomic E-state index is 12.5. The van der Waals surface area contributed by atoms with E-state index >= 15 is 0 Å². The van der Waals surface area contributed by atoms with Crippen LogP contribution in [-0.4, -0.2) is 59.4 Å². The second-order valence-corrected chi connectivity index (χ2v) is 9.21. The van der Waals surface area contributed by atoms with Crippen molar-refractivity contribution < 1.29 is 9.90 Å². The van der Waals surface area contributed by atoms with E-state index in [4.69, 9.17) is 4.99 Å². The second-order valence-electron chi connectivity index (χ2n) is 9.21. The van der Waals surface area contributed by atoms with Crippen LogP contribution >= 0.6 is 0 Å². The van der Waals surface area contributed by atoms with Crippen LogP contribution in [0.5, 0.6) is 5.88 Å². The Kier molecular flexibility index (Phi) is 6.14. The Morgan fingerprint density at radius 2 is 1.60 bits per heavy atom. The molecule has 0 aliphatic carbocycles. The lowest BCUT2D eigenvalue weighted by Gasteiger charge is -2.34. The molecule has 3 aromatic carbocycles. The molecule has 0 bridgehead atoms. The van der Waals surface area contributed by atoms with E-state index in [-0.39, 0.29) is 11.8 Å². The molecule has 5 rings (SSSR count). The predicted molar refractivity (Wildman–Crippen MR) is 143 cm³/mol. The highest BCUT2D eigenvalue weighted by atomic mass is 16.3. The highest BCUT2D eigenvalue weighted by molar-refractivity contribution is 6.23. The van der Waals surface area contributed by atoms with Crippen LogP contribution < -0.4 is 4.90 Å². The summed E-state index contributed by atoms with van der Waals surface area (Å²) in [6.45, 7) is 7.55. The van der Waals surface area contributed by atoms with Gasteiger partial charge in [-0.25, -0.2) is 4.99 Å². The molecule has 0 amide bonds. The Morgan fingerprint density at radius 1 is 0.914 bits per heavy atom. The van der Waals surface area contributed by atoms with Gasteiger partial charge in [0.05, 0.1) is 22.5 Å². The van der Waals surface area contributed by atoms with Crippen LogP contribution in [0.1, 0.15) is 28.4 Å². The zero-order chi connectivity index (χ0) is 24.5. The van der Waals surface area contributed by atoms with Crippen molar-refractivity contribution >= 4 is 33.9 Å². The van der Waals surface area contributed by atoms with Crippen molar-refractivity contribution in [2.45, 2.75) is 13.8 Å². The van der Waals surface area contributed by atoms with E-state index < -0.39 is 0 Å². The number of piperazine rings is 1. The number of aromatic nitrogens is 1. The number of hydrogen-bond donors (Lipinski definition) is 1. The number of aryl methyl sites for hydroxylation is 1. The lowest BCUT2D eigenvalue weighted by atomic mass is 10.00. The summed E-state index contributed by atoms with van der Waals surface area (Å²) in [4.78, 5) is 22.2. The van der Waals surface area contributed by atoms with Gasteiger partial charge in [-0.2, -0.15) is 0 Å². The van der Waals surface area contributed by atoms with Gasteiger partial charge in [0.2, 0.25) is 11.8 Å². The molecule has 1 fully saturated rings. The van der Waals surface area contributed by atoms with Crippen molar-refractivity contribution in [2.24, 2.45) is 4.99 Å². The van der Waals surface area contributed by atoms with Crippen LogP contribution in [0.4, 0.5) is 11.4 Å². The molecule has 1 saturated heterocycles. The average Bonchev–Trinajstić information content (AvgIpc) is 3.15. The van der Waals surface area contributed by atoms with Gasteiger partial charge in [0, 0.05) is 49.7 Å². The van der Waals surface area contributed by atoms with Crippen LogP contribution in [0, 0.1) is 6.92 Å². The molecular formula is C29H30N4O2. The molecule has 0 unspecified atom stereocenters. The molecule has 2 heterocycles. The van der Waals surface area contributed by atoms with E-state index in [1.807, 2.05) is 67.6 Å². The molecule has 0 atom stereocenters. The van der Waals surface area contributed by atoms with Crippen molar-refractivity contribution in [3.05, 3.63) is 89.5 Å². The molecule has 0 spiro atoms. The van der Waals surface area contributed by atoms with E-state index in [1.165, 1.54) is 17.2 Å². The number of hydrogen-bond acceptors (Lipinski definition) is 5. The molecule has 0 radical (unpaired) electrons. The minimum Gasteiger partial charge on any atom is -0.494 e. The normalized spacial score (nSPS) is 15.1. The second kappa shape index (κ2) is 9.39. The van der Waals surface area contributed by atoms with Crippen molar-refractivity contribution in [3.63, 3.8) is 0 Å². The maximum Gasteiger partial charge on any atom is 0.230 e. The largest absolute Gasteiger partial charge is 0.494 e. The zero-order valence-corrected chi connectivity index (χ0v) is 20.4. The number of rotatable bonds is 4. The number of benzene rings is 3. The first-order valence-electron chi connectivity index (χ1n) is 12.0. The number of nitrogens with zero attached hydrogens (tertiary/aromatic N) is 4. The first-order chi connectivity index (χ1) is 16.9. The summed E-state index contributed by atoms with van der Waals surface area (Å²) in [6.07, 6.45) is 0. The van der Waals surface area contributed by atoms with Gasteiger partial charge in [-0.3, -0.25) is 9.36 Å². The minimum absolute atomic E-state index is 0.0882. The Morgan fingerprint density at radius 3 is 2.26 bits per heavy atom. The summed E-state index contributed by atoms with van der Waals surface area (Å²) in [6, 6.07) is 23.9. The molecule has 4 aromatic rings. The van der Waals surface area contributed by atoms with Gasteiger partial charge in [0.15, 0.2) is 0 Å². The van der Waals surface area contributed by atoms with Crippen LogP contribution in [-0.2, 0) is 0 Å². The third-order valence-corrected chi connectivity index (χ3v) is 6.66. The monoisotopic (exact) mass is 466 g/mol. The number of anilines is 1. The summed E-state index contributed by atoms with van der Waals surface area (Å²) >= 11 is 0. The van der Waals surface area contributed by atoms with Crippen LogP contribution in [0.3, 0.4) is 0 Å². The minimum atomic E-state index is -0.242. The number of carbonyl (C=O) groups excluding carboxylic acids is 1. The molecule has 1 N–H and O–H groups in total. The Balaban J connectivity index is 1.63. The Hall–Kier alpha value is -3.90. The highest BCUT2D eigenvalue weighted by Crippen LogP contribution is 2.35. The fourth-order valence-corrected chi connectivity index (χ4v) is 4.73. The smallest absolute Gasteiger partial charge is 0.230 e. The van der Waals surface area contributed by atoms with E-state index in [2.05, 4.69) is 29.0 Å². The third kappa shape index (κ3) is 4.45. The van der Waals surface area contributed by atoms with Crippen molar-refractivity contribution in [2.75, 3.05) is 38.1 Å². The molecule has 1 aliphatic heterocycles. The van der Waals surface area contributed by atoms with Crippen LogP contribution in [0.2, 0.25) is 0 Å². The first-order valence-corrected chi connectivity index (χ1v) is 12.0. The van der Waals surface area contributed by atoms with Crippen molar-refractivity contribution in [1.82, 2.24) is 9.47 Å². The molecular weight excluding hydrogens is 436 g/mol. The topological polar surface area (TPSA) is 61.1 Å². The van der Waals surface area contributed by atoms with Gasteiger partial charge in [-0.05, 0) is 49.9 Å². The number of aromatic hydroxyl groups is 1. The molecule has 6 heteroatoms. The molecule has 178 valence electrons. The quantitative estimate of drug-likeness (QED) is 0.418. The van der Waals surface area contributed by atoms with Crippen LogP contribution in [0.25, 0.3) is 10.9 Å². The number of fused-ring (bicyclic) bond motifs is 1. The van der Waals surface area contributed by atoms with Crippen LogP contribution in [0.15, 0.2) is 77.8 Å². The fourth-order valence-electron chi connectivity index (χ4n) is 4.73. The molecule has 1 aliphatic rings. The van der Waals surface area contributed by atoms with E-state index in [0.717, 1.165) is 48.4 Å². The zero-order valence-electron chi connectivity index (χ0n) is 20.4. The van der Waals surface area contributed by atoms with Gasteiger partial charge < -0.3 is 14.9 Å². The Bertz CT molecular complexity index is 1400. The van der Waals surface area contributed by atoms with Gasteiger partial charge >= 0.3 is 0 Å². The van der Waals surface area contributed by atoms with Crippen molar-refractivity contribution in [1.29, 1.82) is 0 Å². The Labute approximate surface area is 205 Å². The number of carbonyl (C=O) groups is 1. The van der Waals surface area contributed by atoms with Gasteiger partial charge in [-0.15, -0.1) is 0 Å². The summed E-state index contributed by atoms with van der Waals surface area (Å²) in [5.41, 5.74) is 5.73. The first kappa shape index (κ1) is 22.9. The number of aliphatic imine (C=N–C) groups is 1. The van der Waals surface area contributed by atoms with E-state index in [1.54, 1.807) is 0 Å². The van der Waals surface area contributed by atoms with E-state index in [9.17, 15) is 9.90 Å². The predicted octanol–water partition coefficient (Wildman–Crippen LogP) is 5.24. The highest BCUT2D eigenvalue weighted by Gasteiger charge is 2.24. The lowest BCUT2D eigenvalue weighted by Crippen LogP contribution is -2.44. The van der Waals surface area contributed by atoms with Gasteiger partial charge in [0.25, 0.3) is 0 Å². The fraction of sp³-hybridized carbons (Fsp3) is 0.241. The molecule has 6 nitrogen and oxygen atoms in total. The summed E-state index contributed by atoms with van der Waals surface area (Å²) < 4.78 is 1.37. The third-order valence-electron chi connectivity index (χ3n) is 6.66. The van der Waals surface area contributed by atoms with Gasteiger partial charge in [-0.1, -0.05) is 42.5 Å². The molecule has 1 aromatic heterocycles. The number of likely N-dealkylation sites (N-methyl/N-ethyl adjacent to an activating group) is 1. The maximum atomic E-state index is 12.5. The molecule has 0 saturated carbocycles.